The number of aryl methyl sites for hydroxylation is 1. The van der Waals surface area contributed by atoms with Crippen LogP contribution in [-0.2, 0) is 6.18 Å². The van der Waals surface area contributed by atoms with Crippen LogP contribution in [0.25, 0.3) is 0 Å². The molecule has 1 aromatic carbocycles. The fourth-order valence-electron chi connectivity index (χ4n) is 3.19. The van der Waals surface area contributed by atoms with Gasteiger partial charge in [0.25, 0.3) is 0 Å². The largest absolute Gasteiger partial charge is 0.477 e. The number of aromatic amines is 1. The van der Waals surface area contributed by atoms with E-state index in [1.165, 1.54) is 12.3 Å². The molecule has 0 aliphatic rings. The first kappa shape index (κ1) is 26.9. The topological polar surface area (TPSA) is 125 Å². The molecule has 15 heteroatoms. The molecule has 0 fully saturated rings. The van der Waals surface area contributed by atoms with Crippen LogP contribution in [0.2, 0.25) is 5.02 Å². The minimum absolute atomic E-state index is 0.0534. The van der Waals surface area contributed by atoms with Crippen molar-refractivity contribution in [1.82, 2.24) is 25.1 Å². The van der Waals surface area contributed by atoms with E-state index in [1.54, 1.807) is 24.3 Å². The van der Waals surface area contributed by atoms with E-state index in [0.29, 0.717) is 47.3 Å². The highest BCUT2D eigenvalue weighted by molar-refractivity contribution is 7.80. The van der Waals surface area contributed by atoms with E-state index in [0.717, 1.165) is 12.1 Å². The lowest BCUT2D eigenvalue weighted by molar-refractivity contribution is -0.137. The SMILES string of the molecule is CCOc1cc(Nc2cc(C)nc(Nc3ccc(NC(=S)Nc4ccc(Cl)c(C(F)(F)F)c4)nc3)n2)[nH]n1. The van der Waals surface area contributed by atoms with Crippen LogP contribution < -0.4 is 26.0 Å². The zero-order valence-electron chi connectivity index (χ0n) is 19.9. The molecule has 5 N–H and O–H groups in total. The maximum atomic E-state index is 13.1. The highest BCUT2D eigenvalue weighted by Gasteiger charge is 2.33. The van der Waals surface area contributed by atoms with Gasteiger partial charge in [0.2, 0.25) is 11.8 Å². The van der Waals surface area contributed by atoms with Gasteiger partial charge in [-0.1, -0.05) is 11.6 Å². The number of H-pyrrole nitrogens is 1. The van der Waals surface area contributed by atoms with Crippen LogP contribution in [0.15, 0.2) is 48.7 Å². The normalized spacial score (nSPS) is 11.1. The lowest BCUT2D eigenvalue weighted by atomic mass is 10.2. The second-order valence-electron chi connectivity index (χ2n) is 7.72. The van der Waals surface area contributed by atoms with Crippen molar-refractivity contribution >= 4 is 63.7 Å². The number of rotatable bonds is 8. The Labute approximate surface area is 225 Å². The van der Waals surface area contributed by atoms with Crippen LogP contribution in [0, 0.1) is 6.92 Å². The maximum Gasteiger partial charge on any atom is 0.417 e. The van der Waals surface area contributed by atoms with E-state index in [-0.39, 0.29) is 10.8 Å². The molecule has 0 aliphatic carbocycles. The van der Waals surface area contributed by atoms with Gasteiger partial charge in [0.05, 0.1) is 29.1 Å². The Morgan fingerprint density at radius 2 is 1.82 bits per heavy atom. The molecule has 4 aromatic rings. The van der Waals surface area contributed by atoms with Gasteiger partial charge in [0, 0.05) is 23.5 Å². The first-order valence-corrected chi connectivity index (χ1v) is 11.9. The molecule has 0 saturated heterocycles. The fraction of sp³-hybridized carbons (Fsp3) is 0.174. The molecule has 0 amide bonds. The highest BCUT2D eigenvalue weighted by Crippen LogP contribution is 2.36. The molecule has 0 radical (unpaired) electrons. The molecular formula is C23H21ClF3N9OS. The van der Waals surface area contributed by atoms with Crippen LogP contribution in [0.4, 0.5) is 47.9 Å². The van der Waals surface area contributed by atoms with Crippen LogP contribution >= 0.6 is 23.8 Å². The van der Waals surface area contributed by atoms with Gasteiger partial charge in [0.15, 0.2) is 5.11 Å². The molecule has 0 atom stereocenters. The second-order valence-corrected chi connectivity index (χ2v) is 8.54. The molecule has 38 heavy (non-hydrogen) atoms. The zero-order chi connectivity index (χ0) is 27.3. The first-order valence-electron chi connectivity index (χ1n) is 11.1. The number of alkyl halides is 3. The van der Waals surface area contributed by atoms with Gasteiger partial charge in [-0.15, -0.1) is 5.10 Å². The molecule has 4 rings (SSSR count). The average Bonchev–Trinajstić information content (AvgIpc) is 3.27. The van der Waals surface area contributed by atoms with Crippen molar-refractivity contribution in [2.45, 2.75) is 20.0 Å². The van der Waals surface area contributed by atoms with Crippen LogP contribution in [0.3, 0.4) is 0 Å². The summed E-state index contributed by atoms with van der Waals surface area (Å²) in [5.74, 6) is 2.31. The number of hydrogen-bond acceptors (Lipinski definition) is 8. The number of anilines is 6. The molecule has 0 bridgehead atoms. The van der Waals surface area contributed by atoms with Crippen molar-refractivity contribution in [3.63, 3.8) is 0 Å². The summed E-state index contributed by atoms with van der Waals surface area (Å²) in [4.78, 5) is 13.1. The summed E-state index contributed by atoms with van der Waals surface area (Å²) in [6.45, 7) is 4.20. The van der Waals surface area contributed by atoms with Crippen LogP contribution in [0.5, 0.6) is 5.88 Å². The van der Waals surface area contributed by atoms with Gasteiger partial charge in [-0.05, 0) is 56.4 Å². The number of pyridine rings is 1. The Morgan fingerprint density at radius 1 is 1.03 bits per heavy atom. The number of nitrogens with one attached hydrogen (secondary N) is 5. The van der Waals surface area contributed by atoms with Crippen molar-refractivity contribution < 1.29 is 17.9 Å². The smallest absolute Gasteiger partial charge is 0.417 e. The van der Waals surface area contributed by atoms with Crippen molar-refractivity contribution in [2.24, 2.45) is 0 Å². The lowest BCUT2D eigenvalue weighted by Gasteiger charge is -2.14. The average molecular weight is 564 g/mol. The minimum atomic E-state index is -4.59. The Hall–Kier alpha value is -4.17. The van der Waals surface area contributed by atoms with Gasteiger partial charge >= 0.3 is 6.18 Å². The predicted octanol–water partition coefficient (Wildman–Crippen LogP) is 6.27. The van der Waals surface area contributed by atoms with Crippen molar-refractivity contribution in [1.29, 1.82) is 0 Å². The number of benzene rings is 1. The Bertz CT molecular complexity index is 1430. The quantitative estimate of drug-likeness (QED) is 0.157. The van der Waals surface area contributed by atoms with E-state index in [2.05, 4.69) is 46.4 Å². The molecular weight excluding hydrogens is 543 g/mol. The summed E-state index contributed by atoms with van der Waals surface area (Å²) in [5.41, 5.74) is 0.478. The first-order chi connectivity index (χ1) is 18.1. The third-order valence-electron chi connectivity index (χ3n) is 4.75. The number of aromatic nitrogens is 5. The van der Waals surface area contributed by atoms with E-state index in [1.807, 2.05) is 13.8 Å². The third-order valence-corrected chi connectivity index (χ3v) is 5.29. The van der Waals surface area contributed by atoms with E-state index < -0.39 is 16.8 Å². The minimum Gasteiger partial charge on any atom is -0.477 e. The van der Waals surface area contributed by atoms with E-state index in [4.69, 9.17) is 28.6 Å². The van der Waals surface area contributed by atoms with Crippen molar-refractivity contribution in [2.75, 3.05) is 27.9 Å². The summed E-state index contributed by atoms with van der Waals surface area (Å²) >= 11 is 10.8. The summed E-state index contributed by atoms with van der Waals surface area (Å²) in [5, 5.41) is 18.2. The standard InChI is InChI=1S/C23H21ClF3N9OS/c1-3-37-20-10-19(35-36-20)32-18-8-12(2)29-21(33-18)30-14-5-7-17(28-11-14)34-22(38)31-13-4-6-16(24)15(9-13)23(25,26)27/h4-11H,3H2,1-2H3,(H2,28,31,34,38)(H3,29,30,32,33,35,36). The molecule has 3 heterocycles. The van der Waals surface area contributed by atoms with Crippen LogP contribution in [0.1, 0.15) is 18.2 Å². The monoisotopic (exact) mass is 563 g/mol. The number of nitrogens with zero attached hydrogens (tertiary/aromatic N) is 4. The van der Waals surface area contributed by atoms with Crippen molar-refractivity contribution in [3.8, 4) is 5.88 Å². The number of thiocarbonyl (C=S) groups is 1. The predicted molar refractivity (Wildman–Crippen MR) is 144 cm³/mol. The zero-order valence-corrected chi connectivity index (χ0v) is 21.5. The third kappa shape index (κ3) is 7.20. The van der Waals surface area contributed by atoms with Gasteiger partial charge in [-0.25, -0.2) is 9.97 Å². The highest BCUT2D eigenvalue weighted by atomic mass is 35.5. The molecule has 10 nitrogen and oxygen atoms in total. The summed E-state index contributed by atoms with van der Waals surface area (Å²) in [7, 11) is 0. The van der Waals surface area contributed by atoms with Gasteiger partial charge in [-0.2, -0.15) is 18.2 Å². The lowest BCUT2D eigenvalue weighted by Crippen LogP contribution is -2.20. The molecule has 3 aromatic heterocycles. The number of halogens is 4. The molecule has 0 saturated carbocycles. The van der Waals surface area contributed by atoms with E-state index in [9.17, 15) is 13.2 Å². The van der Waals surface area contributed by atoms with Gasteiger partial charge < -0.3 is 26.0 Å². The fourth-order valence-corrected chi connectivity index (χ4v) is 3.63. The van der Waals surface area contributed by atoms with Crippen LogP contribution in [-0.4, -0.2) is 36.9 Å². The number of hydrogen-bond donors (Lipinski definition) is 5. The molecule has 0 unspecified atom stereocenters. The Kier molecular flexibility index (Phi) is 8.12. The number of ether oxygens (including phenoxy) is 1. The second kappa shape index (κ2) is 11.5. The Morgan fingerprint density at radius 3 is 2.53 bits per heavy atom. The maximum absolute atomic E-state index is 13.1. The molecule has 0 spiro atoms. The summed E-state index contributed by atoms with van der Waals surface area (Å²) < 4.78 is 44.6. The summed E-state index contributed by atoms with van der Waals surface area (Å²) in [6.07, 6.45) is -3.06. The summed E-state index contributed by atoms with van der Waals surface area (Å²) in [6, 6.07) is 10.2. The molecule has 0 aliphatic heterocycles. The molecule has 198 valence electrons. The van der Waals surface area contributed by atoms with Gasteiger partial charge in [0.1, 0.15) is 17.5 Å². The Balaban J connectivity index is 1.37. The van der Waals surface area contributed by atoms with E-state index >= 15 is 0 Å². The van der Waals surface area contributed by atoms with Gasteiger partial charge in [-0.3, -0.25) is 5.10 Å². The van der Waals surface area contributed by atoms with Crippen molar-refractivity contribution in [3.05, 3.63) is 64.9 Å².